The average molecular weight is 317 g/mol. The molecule has 0 aliphatic rings. The van der Waals surface area contributed by atoms with E-state index in [1.165, 1.54) is 30.4 Å². The third kappa shape index (κ3) is 5.54. The topological polar surface area (TPSA) is 50.8 Å². The second-order valence-electron chi connectivity index (χ2n) is 6.04. The van der Waals surface area contributed by atoms with Crippen molar-refractivity contribution in [1.29, 1.82) is 10.5 Å². The minimum Gasteiger partial charge on any atom is -0.295 e. The smallest absolute Gasteiger partial charge is 0.0991 e. The molecule has 0 aromatic heterocycles. The van der Waals surface area contributed by atoms with Crippen LogP contribution in [0.1, 0.15) is 48.4 Å². The van der Waals surface area contributed by atoms with E-state index in [0.717, 1.165) is 19.6 Å². The summed E-state index contributed by atoms with van der Waals surface area (Å²) in [6, 6.07) is 20.0. The molecule has 0 radical (unpaired) electrons. The van der Waals surface area contributed by atoms with E-state index in [-0.39, 0.29) is 0 Å². The molecule has 0 atom stereocenters. The van der Waals surface area contributed by atoms with Crippen molar-refractivity contribution >= 4 is 0 Å². The van der Waals surface area contributed by atoms with Gasteiger partial charge in [-0.3, -0.25) is 4.90 Å². The molecule has 2 aromatic carbocycles. The van der Waals surface area contributed by atoms with Crippen LogP contribution >= 0.6 is 0 Å². The number of benzene rings is 2. The van der Waals surface area contributed by atoms with Crippen molar-refractivity contribution in [1.82, 2.24) is 4.90 Å². The van der Waals surface area contributed by atoms with E-state index >= 15 is 0 Å². The summed E-state index contributed by atoms with van der Waals surface area (Å²) in [4.78, 5) is 2.43. The van der Waals surface area contributed by atoms with Gasteiger partial charge in [-0.2, -0.15) is 10.5 Å². The van der Waals surface area contributed by atoms with Gasteiger partial charge in [0.1, 0.15) is 0 Å². The van der Waals surface area contributed by atoms with Crippen LogP contribution in [0.2, 0.25) is 0 Å². The quantitative estimate of drug-likeness (QED) is 0.667. The largest absolute Gasteiger partial charge is 0.295 e. The third-order valence-corrected chi connectivity index (χ3v) is 4.06. The molecule has 0 aliphatic heterocycles. The Bertz CT molecular complexity index is 643. The average Bonchev–Trinajstić information content (AvgIpc) is 2.63. The monoisotopic (exact) mass is 317 g/mol. The van der Waals surface area contributed by atoms with E-state index in [1.54, 1.807) is 0 Å². The Hall–Kier alpha value is -2.62. The van der Waals surface area contributed by atoms with E-state index in [2.05, 4.69) is 24.0 Å². The van der Waals surface area contributed by atoms with Gasteiger partial charge in [0.05, 0.1) is 23.3 Å². The van der Waals surface area contributed by atoms with Crippen LogP contribution in [-0.2, 0) is 13.1 Å². The summed E-state index contributed by atoms with van der Waals surface area (Å²) >= 11 is 0. The van der Waals surface area contributed by atoms with Gasteiger partial charge in [-0.1, -0.05) is 44.0 Å². The number of hydrogen-bond acceptors (Lipinski definition) is 3. The Kier molecular flexibility index (Phi) is 7.02. The number of hydrogen-bond donors (Lipinski definition) is 0. The van der Waals surface area contributed by atoms with Crippen molar-refractivity contribution in [3.05, 3.63) is 70.8 Å². The van der Waals surface area contributed by atoms with Crippen molar-refractivity contribution in [2.24, 2.45) is 0 Å². The van der Waals surface area contributed by atoms with Crippen LogP contribution in [0, 0.1) is 22.7 Å². The zero-order chi connectivity index (χ0) is 17.2. The Morgan fingerprint density at radius 2 is 1.21 bits per heavy atom. The van der Waals surface area contributed by atoms with Gasteiger partial charge in [0.2, 0.25) is 0 Å². The fourth-order valence-electron chi connectivity index (χ4n) is 2.69. The van der Waals surface area contributed by atoms with Crippen molar-refractivity contribution in [3.8, 4) is 12.1 Å². The molecule has 0 saturated carbocycles. The number of nitrogens with zero attached hydrogens (tertiary/aromatic N) is 3. The van der Waals surface area contributed by atoms with E-state index in [1.807, 2.05) is 48.5 Å². The summed E-state index contributed by atoms with van der Waals surface area (Å²) < 4.78 is 0. The highest BCUT2D eigenvalue weighted by atomic mass is 15.1. The highest BCUT2D eigenvalue weighted by Gasteiger charge is 2.07. The summed E-state index contributed by atoms with van der Waals surface area (Å²) in [5.41, 5.74) is 3.84. The van der Waals surface area contributed by atoms with Crippen molar-refractivity contribution in [2.75, 3.05) is 6.54 Å². The summed E-state index contributed by atoms with van der Waals surface area (Å²) in [5.74, 6) is 0. The molecule has 24 heavy (non-hydrogen) atoms. The van der Waals surface area contributed by atoms with Crippen LogP contribution in [0.5, 0.6) is 0 Å². The highest BCUT2D eigenvalue weighted by molar-refractivity contribution is 5.32. The lowest BCUT2D eigenvalue weighted by molar-refractivity contribution is 0.251. The van der Waals surface area contributed by atoms with Crippen LogP contribution in [0.15, 0.2) is 48.5 Å². The zero-order valence-electron chi connectivity index (χ0n) is 14.2. The summed E-state index contributed by atoms with van der Waals surface area (Å²) in [7, 11) is 0. The lowest BCUT2D eigenvalue weighted by Gasteiger charge is -2.22. The molecule has 0 unspecified atom stereocenters. The summed E-state index contributed by atoms with van der Waals surface area (Å²) in [6.45, 7) is 5.00. The SMILES string of the molecule is CCCCCN(Cc1ccc(C#N)cc1)Cc1ccc(C#N)cc1. The molecule has 0 spiro atoms. The van der Waals surface area contributed by atoms with Gasteiger partial charge >= 0.3 is 0 Å². The Balaban J connectivity index is 2.04. The van der Waals surface area contributed by atoms with E-state index in [4.69, 9.17) is 10.5 Å². The minimum atomic E-state index is 0.698. The molecule has 2 rings (SSSR count). The van der Waals surface area contributed by atoms with Gasteiger partial charge < -0.3 is 0 Å². The van der Waals surface area contributed by atoms with Crippen LogP contribution in [-0.4, -0.2) is 11.4 Å². The molecule has 0 heterocycles. The number of nitriles is 2. The normalized spacial score (nSPS) is 10.3. The van der Waals surface area contributed by atoms with E-state index in [9.17, 15) is 0 Å². The Labute approximate surface area is 144 Å². The van der Waals surface area contributed by atoms with Gasteiger partial charge in [0, 0.05) is 13.1 Å². The van der Waals surface area contributed by atoms with Gasteiger partial charge in [0.25, 0.3) is 0 Å². The maximum atomic E-state index is 8.91. The van der Waals surface area contributed by atoms with E-state index < -0.39 is 0 Å². The minimum absolute atomic E-state index is 0.698. The fourth-order valence-corrected chi connectivity index (χ4v) is 2.69. The first-order valence-corrected chi connectivity index (χ1v) is 8.45. The predicted octanol–water partition coefficient (Wildman–Crippen LogP) is 4.62. The maximum Gasteiger partial charge on any atom is 0.0991 e. The Morgan fingerprint density at radius 1 is 0.750 bits per heavy atom. The number of rotatable bonds is 8. The van der Waals surface area contributed by atoms with Gasteiger partial charge in [-0.25, -0.2) is 0 Å². The molecule has 0 bridgehead atoms. The molecular formula is C21H23N3. The third-order valence-electron chi connectivity index (χ3n) is 4.06. The zero-order valence-corrected chi connectivity index (χ0v) is 14.2. The predicted molar refractivity (Wildman–Crippen MR) is 96.0 cm³/mol. The molecule has 0 saturated heterocycles. The molecule has 0 aliphatic carbocycles. The van der Waals surface area contributed by atoms with Crippen molar-refractivity contribution in [3.63, 3.8) is 0 Å². The lowest BCUT2D eigenvalue weighted by Crippen LogP contribution is -2.24. The maximum absolute atomic E-state index is 8.91. The van der Waals surface area contributed by atoms with Gasteiger partial charge in [0.15, 0.2) is 0 Å². The van der Waals surface area contributed by atoms with Crippen LogP contribution in [0.25, 0.3) is 0 Å². The van der Waals surface area contributed by atoms with Crippen LogP contribution < -0.4 is 0 Å². The first-order chi connectivity index (χ1) is 11.7. The van der Waals surface area contributed by atoms with E-state index in [0.29, 0.717) is 11.1 Å². The molecule has 3 nitrogen and oxygen atoms in total. The first kappa shape index (κ1) is 17.7. The molecular weight excluding hydrogens is 294 g/mol. The highest BCUT2D eigenvalue weighted by Crippen LogP contribution is 2.13. The van der Waals surface area contributed by atoms with Crippen LogP contribution in [0.3, 0.4) is 0 Å². The fraction of sp³-hybridized carbons (Fsp3) is 0.333. The lowest BCUT2D eigenvalue weighted by atomic mass is 10.1. The standard InChI is InChI=1S/C21H23N3/c1-2-3-4-13-24(16-20-9-5-18(14-22)6-10-20)17-21-11-7-19(15-23)8-12-21/h5-12H,2-4,13,16-17H2,1H3. The van der Waals surface area contributed by atoms with Gasteiger partial charge in [-0.05, 0) is 48.4 Å². The number of unbranched alkanes of at least 4 members (excludes halogenated alkanes) is 2. The second-order valence-corrected chi connectivity index (χ2v) is 6.04. The molecule has 3 heteroatoms. The van der Waals surface area contributed by atoms with Crippen LogP contribution in [0.4, 0.5) is 0 Å². The summed E-state index contributed by atoms with van der Waals surface area (Å²) in [6.07, 6.45) is 3.63. The molecule has 2 aromatic rings. The van der Waals surface area contributed by atoms with Crippen molar-refractivity contribution < 1.29 is 0 Å². The van der Waals surface area contributed by atoms with Gasteiger partial charge in [-0.15, -0.1) is 0 Å². The molecule has 0 N–H and O–H groups in total. The molecule has 0 fully saturated rings. The second kappa shape index (κ2) is 9.50. The Morgan fingerprint density at radius 3 is 1.58 bits per heavy atom. The molecule has 122 valence electrons. The molecule has 0 amide bonds. The van der Waals surface area contributed by atoms with Crippen molar-refractivity contribution in [2.45, 2.75) is 39.3 Å². The summed E-state index contributed by atoms with van der Waals surface area (Å²) in [5, 5.41) is 17.8. The first-order valence-electron chi connectivity index (χ1n) is 8.45.